The van der Waals surface area contributed by atoms with Gasteiger partial charge in [0.05, 0.1) is 59.6 Å². The van der Waals surface area contributed by atoms with Gasteiger partial charge in [-0.3, -0.25) is 9.58 Å². The SMILES string of the molecule is CC1(N2CCN(c3cc4c(cnn4-c4cnn(C5CC5CN)c4)cc3Cl)CC2)COC1. The summed E-state index contributed by atoms with van der Waals surface area (Å²) >= 11 is 6.70. The molecule has 6 rings (SSSR count). The number of halogens is 1. The fourth-order valence-corrected chi connectivity index (χ4v) is 5.27. The second kappa shape index (κ2) is 7.20. The molecule has 2 aromatic heterocycles. The zero-order valence-electron chi connectivity index (χ0n) is 17.7. The van der Waals surface area contributed by atoms with Crippen molar-refractivity contribution < 1.29 is 4.74 Å². The Kier molecular flexibility index (Phi) is 4.54. The maximum Gasteiger partial charge on any atom is 0.103 e. The van der Waals surface area contributed by atoms with E-state index in [-0.39, 0.29) is 5.54 Å². The molecular weight excluding hydrogens is 414 g/mol. The van der Waals surface area contributed by atoms with Crippen molar-refractivity contribution in [2.45, 2.75) is 24.9 Å². The summed E-state index contributed by atoms with van der Waals surface area (Å²) in [6.45, 7) is 8.62. The Morgan fingerprint density at radius 2 is 1.97 bits per heavy atom. The van der Waals surface area contributed by atoms with Crippen molar-refractivity contribution in [2.75, 3.05) is 50.8 Å². The van der Waals surface area contributed by atoms with Crippen molar-refractivity contribution in [2.24, 2.45) is 11.7 Å². The molecule has 9 heteroatoms. The fourth-order valence-electron chi connectivity index (χ4n) is 4.98. The number of ether oxygens (including phenoxy) is 1. The number of benzene rings is 1. The van der Waals surface area contributed by atoms with Gasteiger partial charge >= 0.3 is 0 Å². The first-order valence-corrected chi connectivity index (χ1v) is 11.4. The molecule has 0 amide bonds. The Bertz CT molecular complexity index is 1110. The lowest BCUT2D eigenvalue weighted by atomic mass is 9.97. The first-order chi connectivity index (χ1) is 15.1. The van der Waals surface area contributed by atoms with Gasteiger partial charge in [-0.05, 0) is 37.9 Å². The van der Waals surface area contributed by atoms with Gasteiger partial charge in [0.25, 0.3) is 0 Å². The highest BCUT2D eigenvalue weighted by molar-refractivity contribution is 6.34. The summed E-state index contributed by atoms with van der Waals surface area (Å²) in [6.07, 6.45) is 6.93. The van der Waals surface area contributed by atoms with Crippen LogP contribution >= 0.6 is 11.6 Å². The zero-order chi connectivity index (χ0) is 21.2. The van der Waals surface area contributed by atoms with Crippen LogP contribution in [0.1, 0.15) is 19.4 Å². The highest BCUT2D eigenvalue weighted by atomic mass is 35.5. The lowest BCUT2D eigenvalue weighted by Gasteiger charge is -2.50. The Labute approximate surface area is 186 Å². The van der Waals surface area contributed by atoms with Crippen molar-refractivity contribution in [3.05, 3.63) is 35.7 Å². The minimum Gasteiger partial charge on any atom is -0.377 e. The summed E-state index contributed by atoms with van der Waals surface area (Å²) in [4.78, 5) is 4.93. The quantitative estimate of drug-likeness (QED) is 0.654. The summed E-state index contributed by atoms with van der Waals surface area (Å²) in [5.41, 5.74) is 9.08. The zero-order valence-corrected chi connectivity index (χ0v) is 18.5. The minimum absolute atomic E-state index is 0.198. The van der Waals surface area contributed by atoms with Gasteiger partial charge < -0.3 is 15.4 Å². The van der Waals surface area contributed by atoms with Crippen LogP contribution in [-0.4, -0.2) is 75.9 Å². The van der Waals surface area contributed by atoms with Gasteiger partial charge in [0, 0.05) is 31.6 Å². The van der Waals surface area contributed by atoms with E-state index in [9.17, 15) is 0 Å². The van der Waals surface area contributed by atoms with Crippen molar-refractivity contribution in [1.82, 2.24) is 24.5 Å². The van der Waals surface area contributed by atoms with E-state index in [1.165, 1.54) is 0 Å². The average molecular weight is 442 g/mol. The molecule has 8 nitrogen and oxygen atoms in total. The van der Waals surface area contributed by atoms with E-state index in [4.69, 9.17) is 22.1 Å². The van der Waals surface area contributed by atoms with E-state index >= 15 is 0 Å². The van der Waals surface area contributed by atoms with Crippen LogP contribution in [0.4, 0.5) is 5.69 Å². The molecule has 1 aromatic carbocycles. The van der Waals surface area contributed by atoms with E-state index in [0.717, 1.165) is 73.1 Å². The molecule has 1 saturated carbocycles. The summed E-state index contributed by atoms with van der Waals surface area (Å²) < 4.78 is 9.44. The van der Waals surface area contributed by atoms with Crippen LogP contribution < -0.4 is 10.6 Å². The molecular formula is C22H28ClN7O. The largest absolute Gasteiger partial charge is 0.377 e. The molecule has 31 heavy (non-hydrogen) atoms. The molecule has 3 fully saturated rings. The second-order valence-electron chi connectivity index (χ2n) is 9.36. The van der Waals surface area contributed by atoms with E-state index in [1.807, 2.05) is 27.8 Å². The van der Waals surface area contributed by atoms with Gasteiger partial charge in [0.1, 0.15) is 5.69 Å². The summed E-state index contributed by atoms with van der Waals surface area (Å²) in [6, 6.07) is 4.62. The van der Waals surface area contributed by atoms with Crippen molar-refractivity contribution in [3.63, 3.8) is 0 Å². The molecule has 2 aliphatic heterocycles. The third-order valence-electron chi connectivity index (χ3n) is 7.21. The van der Waals surface area contributed by atoms with Crippen molar-refractivity contribution in [3.8, 4) is 5.69 Å². The summed E-state index contributed by atoms with van der Waals surface area (Å²) in [5, 5.41) is 11.0. The predicted octanol–water partition coefficient (Wildman–Crippen LogP) is 2.31. The molecule has 1 aliphatic carbocycles. The number of hydrogen-bond donors (Lipinski definition) is 1. The molecule has 2 atom stereocenters. The fraction of sp³-hybridized carbons (Fsp3) is 0.545. The van der Waals surface area contributed by atoms with Crippen LogP contribution in [0, 0.1) is 5.92 Å². The van der Waals surface area contributed by atoms with Crippen molar-refractivity contribution >= 4 is 28.2 Å². The molecule has 0 radical (unpaired) electrons. The lowest BCUT2D eigenvalue weighted by Crippen LogP contribution is -2.64. The van der Waals surface area contributed by atoms with E-state index < -0.39 is 0 Å². The second-order valence-corrected chi connectivity index (χ2v) is 9.77. The number of nitrogens with zero attached hydrogens (tertiary/aromatic N) is 6. The molecule has 164 valence electrons. The van der Waals surface area contributed by atoms with Crippen LogP contribution in [0.25, 0.3) is 16.6 Å². The van der Waals surface area contributed by atoms with Gasteiger partial charge in [-0.15, -0.1) is 0 Å². The Hall–Kier alpha value is -2.13. The first kappa shape index (κ1) is 19.5. The minimum atomic E-state index is 0.198. The van der Waals surface area contributed by atoms with Gasteiger partial charge in [0.2, 0.25) is 0 Å². The molecule has 3 aliphatic rings. The van der Waals surface area contributed by atoms with Gasteiger partial charge in [0.15, 0.2) is 0 Å². The third kappa shape index (κ3) is 3.24. The number of anilines is 1. The molecule has 3 aromatic rings. The summed E-state index contributed by atoms with van der Waals surface area (Å²) in [5.74, 6) is 0.542. The number of hydrogen-bond acceptors (Lipinski definition) is 6. The maximum atomic E-state index is 6.70. The maximum absolute atomic E-state index is 6.70. The lowest BCUT2D eigenvalue weighted by molar-refractivity contribution is -0.131. The normalized spacial score (nSPS) is 25.7. The van der Waals surface area contributed by atoms with Crippen LogP contribution in [0.5, 0.6) is 0 Å². The Morgan fingerprint density at radius 3 is 2.65 bits per heavy atom. The molecule has 0 spiro atoms. The van der Waals surface area contributed by atoms with Crippen LogP contribution in [0.15, 0.2) is 30.7 Å². The van der Waals surface area contributed by atoms with Crippen LogP contribution in [-0.2, 0) is 4.74 Å². The highest BCUT2D eigenvalue weighted by Crippen LogP contribution is 2.42. The van der Waals surface area contributed by atoms with Crippen LogP contribution in [0.2, 0.25) is 5.02 Å². The highest BCUT2D eigenvalue weighted by Gasteiger charge is 2.41. The smallest absolute Gasteiger partial charge is 0.103 e. The monoisotopic (exact) mass is 441 g/mol. The number of rotatable bonds is 5. The molecule has 2 saturated heterocycles. The topological polar surface area (TPSA) is 77.4 Å². The predicted molar refractivity (Wildman–Crippen MR) is 121 cm³/mol. The van der Waals surface area contributed by atoms with E-state index in [0.29, 0.717) is 18.5 Å². The van der Waals surface area contributed by atoms with Gasteiger partial charge in [-0.2, -0.15) is 10.2 Å². The summed E-state index contributed by atoms with van der Waals surface area (Å²) in [7, 11) is 0. The molecule has 2 N–H and O–H groups in total. The van der Waals surface area contributed by atoms with Gasteiger partial charge in [-0.1, -0.05) is 11.6 Å². The Morgan fingerprint density at radius 1 is 1.16 bits per heavy atom. The standard InChI is InChI=1S/C22H28ClN7O/c1-22(13-31-14-22)28-4-2-27(3-5-28)21-8-20-16(6-18(21)23)10-26-30(20)17-11-25-29(12-17)19-7-15(19)9-24/h6,8,10-12,15,19H,2-5,7,9,13-14,24H2,1H3. The average Bonchev–Trinajstić information content (AvgIpc) is 3.19. The number of piperazine rings is 1. The third-order valence-corrected chi connectivity index (χ3v) is 7.51. The number of nitrogens with two attached hydrogens (primary N) is 1. The Balaban J connectivity index is 1.26. The number of fused-ring (bicyclic) bond motifs is 1. The van der Waals surface area contributed by atoms with Gasteiger partial charge in [-0.25, -0.2) is 4.68 Å². The van der Waals surface area contributed by atoms with E-state index in [1.54, 1.807) is 0 Å². The molecule has 4 heterocycles. The van der Waals surface area contributed by atoms with Crippen LogP contribution in [0.3, 0.4) is 0 Å². The molecule has 2 unspecified atom stereocenters. The van der Waals surface area contributed by atoms with E-state index in [2.05, 4.69) is 39.2 Å². The molecule has 0 bridgehead atoms. The van der Waals surface area contributed by atoms with Crippen molar-refractivity contribution in [1.29, 1.82) is 0 Å². The number of aromatic nitrogens is 4. The first-order valence-electron chi connectivity index (χ1n) is 11.1.